The smallest absolute Gasteiger partial charge is 0.336 e. The van der Waals surface area contributed by atoms with Gasteiger partial charge in [-0.1, -0.05) is 25.6 Å². The molecule has 1 saturated carbocycles. The van der Waals surface area contributed by atoms with Crippen molar-refractivity contribution in [2.75, 3.05) is 5.73 Å². The van der Waals surface area contributed by atoms with Crippen LogP contribution < -0.4 is 11.4 Å². The van der Waals surface area contributed by atoms with Crippen molar-refractivity contribution in [1.29, 1.82) is 0 Å². The van der Waals surface area contributed by atoms with Gasteiger partial charge < -0.3 is 10.2 Å². The second-order valence-electron chi connectivity index (χ2n) is 7.18. The number of hydrogen-bond acceptors (Lipinski definition) is 6. The lowest BCUT2D eigenvalue weighted by Crippen LogP contribution is -2.04. The van der Waals surface area contributed by atoms with Gasteiger partial charge in [-0.3, -0.25) is 4.57 Å². The maximum Gasteiger partial charge on any atom is 0.336 e. The van der Waals surface area contributed by atoms with E-state index in [0.29, 0.717) is 29.2 Å². The van der Waals surface area contributed by atoms with Gasteiger partial charge in [0.15, 0.2) is 5.16 Å². The fourth-order valence-corrected chi connectivity index (χ4v) is 4.34. The quantitative estimate of drug-likeness (QED) is 0.539. The zero-order valence-corrected chi connectivity index (χ0v) is 16.0. The van der Waals surface area contributed by atoms with Crippen molar-refractivity contribution in [3.8, 4) is 0 Å². The topological polar surface area (TPSA) is 86.9 Å². The third kappa shape index (κ3) is 3.11. The molecule has 0 spiro atoms. The number of nitrogens with zero attached hydrogens (tertiary/aromatic N) is 3. The maximum atomic E-state index is 12.0. The summed E-state index contributed by atoms with van der Waals surface area (Å²) in [7, 11) is 0. The molecule has 0 bridgehead atoms. The molecular weight excluding hydrogens is 348 g/mol. The highest BCUT2D eigenvalue weighted by Crippen LogP contribution is 2.40. The molecule has 0 atom stereocenters. The Morgan fingerprint density at radius 2 is 2.08 bits per heavy atom. The van der Waals surface area contributed by atoms with E-state index in [4.69, 9.17) is 10.2 Å². The van der Waals surface area contributed by atoms with Gasteiger partial charge >= 0.3 is 5.63 Å². The summed E-state index contributed by atoms with van der Waals surface area (Å²) in [4.78, 5) is 12.0. The van der Waals surface area contributed by atoms with Crippen LogP contribution in [-0.2, 0) is 5.75 Å². The molecule has 1 aliphatic rings. The number of benzene rings is 1. The monoisotopic (exact) mass is 370 g/mol. The number of fused-ring (bicyclic) bond motifs is 1. The first-order valence-corrected chi connectivity index (χ1v) is 9.83. The number of hydrogen-bond donors (Lipinski definition) is 1. The summed E-state index contributed by atoms with van der Waals surface area (Å²) < 4.78 is 7.43. The van der Waals surface area contributed by atoms with Crippen LogP contribution in [0.2, 0.25) is 0 Å². The van der Waals surface area contributed by atoms with Crippen LogP contribution in [0, 0.1) is 6.92 Å². The van der Waals surface area contributed by atoms with Gasteiger partial charge in [0, 0.05) is 23.2 Å². The molecule has 0 saturated heterocycles. The summed E-state index contributed by atoms with van der Waals surface area (Å²) in [6.45, 7) is 6.39. The van der Waals surface area contributed by atoms with Crippen LogP contribution in [0.4, 0.5) is 5.95 Å². The molecule has 136 valence electrons. The summed E-state index contributed by atoms with van der Waals surface area (Å²) in [5.41, 5.74) is 9.62. The summed E-state index contributed by atoms with van der Waals surface area (Å²) in [6, 6.07) is 6.11. The van der Waals surface area contributed by atoms with E-state index in [-0.39, 0.29) is 5.63 Å². The fraction of sp³-hybridized carbons (Fsp3) is 0.421. The molecule has 2 heterocycles. The number of nitrogens with two attached hydrogens (primary N) is 1. The van der Waals surface area contributed by atoms with E-state index < -0.39 is 0 Å². The van der Waals surface area contributed by atoms with E-state index >= 15 is 0 Å². The largest absolute Gasteiger partial charge is 0.423 e. The number of aryl methyl sites for hydroxylation is 1. The SMILES string of the molecule is Cc1cc2oc(=O)cc(CSc3nnc(N)n3C3CC3)c2cc1C(C)C. The number of rotatable bonds is 5. The van der Waals surface area contributed by atoms with Crippen LogP contribution >= 0.6 is 11.8 Å². The van der Waals surface area contributed by atoms with Crippen molar-refractivity contribution in [1.82, 2.24) is 14.8 Å². The van der Waals surface area contributed by atoms with Crippen molar-refractivity contribution < 1.29 is 4.42 Å². The van der Waals surface area contributed by atoms with E-state index in [1.165, 1.54) is 5.56 Å². The Bertz CT molecular complexity index is 1030. The Balaban J connectivity index is 1.72. The maximum absolute atomic E-state index is 12.0. The highest BCUT2D eigenvalue weighted by Gasteiger charge is 2.29. The molecule has 6 nitrogen and oxygen atoms in total. The van der Waals surface area contributed by atoms with Crippen LogP contribution in [0.1, 0.15) is 55.3 Å². The van der Waals surface area contributed by atoms with Crippen molar-refractivity contribution >= 4 is 28.7 Å². The predicted octanol–water partition coefficient (Wildman–Crippen LogP) is 4.03. The summed E-state index contributed by atoms with van der Waals surface area (Å²) >= 11 is 1.56. The summed E-state index contributed by atoms with van der Waals surface area (Å²) in [5, 5.41) is 10.0. The molecule has 0 radical (unpaired) electrons. The third-order valence-corrected chi connectivity index (χ3v) is 5.79. The number of aromatic nitrogens is 3. The molecule has 1 fully saturated rings. The summed E-state index contributed by atoms with van der Waals surface area (Å²) in [6.07, 6.45) is 2.23. The first-order chi connectivity index (χ1) is 12.4. The normalized spacial score (nSPS) is 14.5. The van der Waals surface area contributed by atoms with Crippen molar-refractivity contribution in [3.63, 3.8) is 0 Å². The van der Waals surface area contributed by atoms with Gasteiger partial charge in [0.2, 0.25) is 5.95 Å². The molecule has 1 aliphatic carbocycles. The molecule has 1 aromatic carbocycles. The van der Waals surface area contributed by atoms with E-state index in [2.05, 4.69) is 37.0 Å². The minimum atomic E-state index is -0.326. The van der Waals surface area contributed by atoms with Crippen LogP contribution in [0.25, 0.3) is 11.0 Å². The van der Waals surface area contributed by atoms with Gasteiger partial charge in [0.05, 0.1) is 0 Å². The van der Waals surface area contributed by atoms with Gasteiger partial charge in [-0.15, -0.1) is 10.2 Å². The van der Waals surface area contributed by atoms with Crippen molar-refractivity contribution in [2.45, 2.75) is 56.5 Å². The predicted molar refractivity (Wildman–Crippen MR) is 104 cm³/mol. The zero-order chi connectivity index (χ0) is 18.4. The Morgan fingerprint density at radius 1 is 1.31 bits per heavy atom. The molecule has 4 rings (SSSR count). The third-order valence-electron chi connectivity index (χ3n) is 4.80. The highest BCUT2D eigenvalue weighted by molar-refractivity contribution is 7.98. The first-order valence-electron chi connectivity index (χ1n) is 8.84. The van der Waals surface area contributed by atoms with Gasteiger partial charge in [-0.2, -0.15) is 0 Å². The lowest BCUT2D eigenvalue weighted by Gasteiger charge is -2.13. The molecule has 26 heavy (non-hydrogen) atoms. The van der Waals surface area contributed by atoms with E-state index in [0.717, 1.165) is 34.5 Å². The average molecular weight is 370 g/mol. The lowest BCUT2D eigenvalue weighted by molar-refractivity contribution is 0.559. The molecule has 0 aliphatic heterocycles. The van der Waals surface area contributed by atoms with Crippen LogP contribution in [0.3, 0.4) is 0 Å². The minimum absolute atomic E-state index is 0.326. The van der Waals surface area contributed by atoms with Crippen LogP contribution in [-0.4, -0.2) is 14.8 Å². The Labute approximate surface area is 155 Å². The second-order valence-corrected chi connectivity index (χ2v) is 8.12. The molecule has 3 aromatic rings. The van der Waals surface area contributed by atoms with Crippen LogP contribution in [0.15, 0.2) is 32.6 Å². The molecule has 0 unspecified atom stereocenters. The minimum Gasteiger partial charge on any atom is -0.423 e. The molecular formula is C19H22N4O2S. The van der Waals surface area contributed by atoms with Crippen LogP contribution in [0.5, 0.6) is 0 Å². The standard InChI is InChI=1S/C19H22N4O2S/c1-10(2)14-8-15-12(7-17(24)25-16(15)6-11(14)3)9-26-19-22-21-18(20)23(19)13-4-5-13/h6-8,10,13H,4-5,9H2,1-3H3,(H2,20,21). The summed E-state index contributed by atoms with van der Waals surface area (Å²) in [5.74, 6) is 1.49. The number of nitrogen functional groups attached to an aromatic ring is 1. The number of anilines is 1. The van der Waals surface area contributed by atoms with Gasteiger partial charge in [-0.05, 0) is 54.5 Å². The molecule has 2 aromatic heterocycles. The molecule has 2 N–H and O–H groups in total. The van der Waals surface area contributed by atoms with E-state index in [1.807, 2.05) is 10.6 Å². The zero-order valence-electron chi connectivity index (χ0n) is 15.2. The lowest BCUT2D eigenvalue weighted by atomic mass is 9.95. The average Bonchev–Trinajstić information content (AvgIpc) is 3.34. The fourth-order valence-electron chi connectivity index (χ4n) is 3.34. The Hall–Kier alpha value is -2.28. The second kappa shape index (κ2) is 6.46. The number of thioether (sulfide) groups is 1. The van der Waals surface area contributed by atoms with E-state index in [9.17, 15) is 4.79 Å². The van der Waals surface area contributed by atoms with E-state index in [1.54, 1.807) is 17.8 Å². The van der Waals surface area contributed by atoms with Crippen molar-refractivity contribution in [2.24, 2.45) is 0 Å². The molecule has 7 heteroatoms. The molecule has 0 amide bonds. The first kappa shape index (κ1) is 17.1. The van der Waals surface area contributed by atoms with Gasteiger partial charge in [-0.25, -0.2) is 4.79 Å². The highest BCUT2D eigenvalue weighted by atomic mass is 32.2. The van der Waals surface area contributed by atoms with Crippen molar-refractivity contribution in [3.05, 3.63) is 45.3 Å². The van der Waals surface area contributed by atoms with Gasteiger partial charge in [0.1, 0.15) is 5.58 Å². The Morgan fingerprint density at radius 3 is 2.77 bits per heavy atom. The Kier molecular flexibility index (Phi) is 4.26. The van der Waals surface area contributed by atoms with Gasteiger partial charge in [0.25, 0.3) is 0 Å².